The number of nitrogens with zero attached hydrogens (tertiary/aromatic N) is 1. The fraction of sp³-hybridized carbons (Fsp3) is 0.400. The van der Waals surface area contributed by atoms with Crippen molar-refractivity contribution in [1.29, 1.82) is 0 Å². The molecule has 0 unspecified atom stereocenters. The third-order valence-corrected chi connectivity index (χ3v) is 4.21. The first-order valence-electron chi connectivity index (χ1n) is 8.71. The quantitative estimate of drug-likeness (QED) is 0.901. The first kappa shape index (κ1) is 18.0. The molecule has 0 radical (unpaired) electrons. The molecule has 6 nitrogen and oxygen atoms in total. The SMILES string of the molecule is CC(C)CN1C(=O)C(C)(C)COc2cc(NC(=O)c3ccco3)ccc21. The van der Waals surface area contributed by atoms with Crippen LogP contribution in [0.4, 0.5) is 11.4 Å². The smallest absolute Gasteiger partial charge is 0.291 e. The third kappa shape index (κ3) is 3.59. The van der Waals surface area contributed by atoms with Gasteiger partial charge in [0.05, 0.1) is 17.4 Å². The molecule has 26 heavy (non-hydrogen) atoms. The van der Waals surface area contributed by atoms with Gasteiger partial charge in [-0.1, -0.05) is 13.8 Å². The van der Waals surface area contributed by atoms with E-state index in [9.17, 15) is 9.59 Å². The van der Waals surface area contributed by atoms with Crippen LogP contribution >= 0.6 is 0 Å². The Kier molecular flexibility index (Phi) is 4.76. The minimum Gasteiger partial charge on any atom is -0.490 e. The second-order valence-electron chi connectivity index (χ2n) is 7.60. The molecule has 2 amide bonds. The van der Waals surface area contributed by atoms with Crippen LogP contribution in [-0.4, -0.2) is 25.0 Å². The van der Waals surface area contributed by atoms with Crippen molar-refractivity contribution < 1.29 is 18.7 Å². The Balaban J connectivity index is 1.91. The average molecular weight is 356 g/mol. The van der Waals surface area contributed by atoms with Crippen LogP contribution in [0.25, 0.3) is 0 Å². The highest BCUT2D eigenvalue weighted by Gasteiger charge is 2.38. The summed E-state index contributed by atoms with van der Waals surface area (Å²) in [7, 11) is 0. The van der Waals surface area contributed by atoms with E-state index in [0.717, 1.165) is 5.69 Å². The van der Waals surface area contributed by atoms with E-state index in [2.05, 4.69) is 19.2 Å². The lowest BCUT2D eigenvalue weighted by Gasteiger charge is -2.29. The second-order valence-corrected chi connectivity index (χ2v) is 7.60. The Hall–Kier alpha value is -2.76. The Morgan fingerprint density at radius 3 is 2.73 bits per heavy atom. The summed E-state index contributed by atoms with van der Waals surface area (Å²) in [5.74, 6) is 0.843. The Labute approximate surface area is 153 Å². The maximum atomic E-state index is 12.9. The molecule has 1 aliphatic rings. The molecular weight excluding hydrogens is 332 g/mol. The zero-order chi connectivity index (χ0) is 18.9. The predicted octanol–water partition coefficient (Wildman–Crippen LogP) is 3.94. The van der Waals surface area contributed by atoms with Gasteiger partial charge in [-0.3, -0.25) is 9.59 Å². The number of carbonyl (C=O) groups excluding carboxylic acids is 2. The number of hydrogen-bond donors (Lipinski definition) is 1. The molecule has 1 aromatic carbocycles. The van der Waals surface area contributed by atoms with Crippen molar-refractivity contribution in [1.82, 2.24) is 0 Å². The van der Waals surface area contributed by atoms with Crippen LogP contribution in [0, 0.1) is 11.3 Å². The van der Waals surface area contributed by atoms with Crippen LogP contribution in [0.2, 0.25) is 0 Å². The van der Waals surface area contributed by atoms with Gasteiger partial charge in [0.2, 0.25) is 5.91 Å². The lowest BCUT2D eigenvalue weighted by molar-refractivity contribution is -0.127. The third-order valence-electron chi connectivity index (χ3n) is 4.21. The van der Waals surface area contributed by atoms with Crippen molar-refractivity contribution >= 4 is 23.2 Å². The van der Waals surface area contributed by atoms with Crippen LogP contribution in [0.15, 0.2) is 41.0 Å². The highest BCUT2D eigenvalue weighted by atomic mass is 16.5. The van der Waals surface area contributed by atoms with Crippen molar-refractivity contribution in [3.63, 3.8) is 0 Å². The van der Waals surface area contributed by atoms with Gasteiger partial charge in [-0.05, 0) is 44.0 Å². The number of rotatable bonds is 4. The molecule has 6 heteroatoms. The van der Waals surface area contributed by atoms with E-state index in [4.69, 9.17) is 9.15 Å². The lowest BCUT2D eigenvalue weighted by Crippen LogP contribution is -2.43. The summed E-state index contributed by atoms with van der Waals surface area (Å²) in [6, 6.07) is 8.59. The highest BCUT2D eigenvalue weighted by molar-refractivity contribution is 6.03. The monoisotopic (exact) mass is 356 g/mol. The Morgan fingerprint density at radius 2 is 2.08 bits per heavy atom. The van der Waals surface area contributed by atoms with Gasteiger partial charge >= 0.3 is 0 Å². The summed E-state index contributed by atoms with van der Waals surface area (Å²) in [5, 5.41) is 2.79. The van der Waals surface area contributed by atoms with Gasteiger partial charge in [-0.15, -0.1) is 0 Å². The number of furan rings is 1. The molecule has 0 atom stereocenters. The van der Waals surface area contributed by atoms with Crippen LogP contribution in [0.3, 0.4) is 0 Å². The maximum Gasteiger partial charge on any atom is 0.291 e. The van der Waals surface area contributed by atoms with E-state index in [1.807, 2.05) is 19.9 Å². The van der Waals surface area contributed by atoms with Crippen molar-refractivity contribution in [2.24, 2.45) is 11.3 Å². The van der Waals surface area contributed by atoms with Crippen molar-refractivity contribution in [3.8, 4) is 5.75 Å². The molecular formula is C20H24N2O4. The molecule has 0 saturated heterocycles. The van der Waals surface area contributed by atoms with Crippen molar-refractivity contribution in [3.05, 3.63) is 42.4 Å². The van der Waals surface area contributed by atoms with Gasteiger partial charge in [0.1, 0.15) is 12.4 Å². The number of benzene rings is 1. The summed E-state index contributed by atoms with van der Waals surface area (Å²) in [6.45, 7) is 8.80. The van der Waals surface area contributed by atoms with Crippen molar-refractivity contribution in [2.45, 2.75) is 27.7 Å². The van der Waals surface area contributed by atoms with Gasteiger partial charge in [0.15, 0.2) is 5.76 Å². The molecule has 2 heterocycles. The molecule has 1 N–H and O–H groups in total. The molecule has 0 spiro atoms. The topological polar surface area (TPSA) is 71.8 Å². The van der Waals surface area contributed by atoms with E-state index in [1.54, 1.807) is 29.2 Å². The maximum absolute atomic E-state index is 12.9. The first-order chi connectivity index (χ1) is 12.3. The number of amides is 2. The molecule has 0 aliphatic carbocycles. The summed E-state index contributed by atoms with van der Waals surface area (Å²) in [6.07, 6.45) is 1.45. The normalized spacial score (nSPS) is 16.0. The van der Waals surface area contributed by atoms with Crippen molar-refractivity contribution in [2.75, 3.05) is 23.4 Å². The molecule has 1 aromatic heterocycles. The highest BCUT2D eigenvalue weighted by Crippen LogP contribution is 2.38. The zero-order valence-corrected chi connectivity index (χ0v) is 15.5. The van der Waals surface area contributed by atoms with E-state index in [1.165, 1.54) is 6.26 Å². The molecule has 3 rings (SSSR count). The fourth-order valence-electron chi connectivity index (χ4n) is 2.87. The van der Waals surface area contributed by atoms with E-state index in [0.29, 0.717) is 23.9 Å². The van der Waals surface area contributed by atoms with E-state index >= 15 is 0 Å². The average Bonchev–Trinajstić information content (AvgIpc) is 3.09. The number of anilines is 2. The van der Waals surface area contributed by atoms with E-state index in [-0.39, 0.29) is 24.2 Å². The number of nitrogens with one attached hydrogen (secondary N) is 1. The number of fused-ring (bicyclic) bond motifs is 1. The predicted molar refractivity (Wildman–Crippen MR) is 99.6 cm³/mol. The van der Waals surface area contributed by atoms with Gasteiger partial charge in [-0.2, -0.15) is 0 Å². The Morgan fingerprint density at radius 1 is 1.31 bits per heavy atom. The molecule has 1 aliphatic heterocycles. The van der Waals surface area contributed by atoms with Gasteiger partial charge < -0.3 is 19.4 Å². The second kappa shape index (κ2) is 6.86. The molecule has 0 saturated carbocycles. The molecule has 0 fully saturated rings. The van der Waals surface area contributed by atoms with Crippen LogP contribution in [-0.2, 0) is 4.79 Å². The largest absolute Gasteiger partial charge is 0.490 e. The van der Waals surface area contributed by atoms with Crippen LogP contribution < -0.4 is 15.0 Å². The minimum absolute atomic E-state index is 0.0392. The molecule has 0 bridgehead atoms. The van der Waals surface area contributed by atoms with Gasteiger partial charge in [0, 0.05) is 18.3 Å². The summed E-state index contributed by atoms with van der Waals surface area (Å²) in [5.41, 5.74) is 0.693. The molecule has 138 valence electrons. The Bertz CT molecular complexity index is 809. The van der Waals surface area contributed by atoms with Gasteiger partial charge in [-0.25, -0.2) is 0 Å². The standard InChI is InChI=1S/C20H24N2O4/c1-13(2)11-22-15-8-7-14(21-18(23)16-6-5-9-25-16)10-17(15)26-12-20(3,4)19(22)24/h5-10,13H,11-12H2,1-4H3,(H,21,23). The summed E-state index contributed by atoms with van der Waals surface area (Å²) < 4.78 is 11.0. The van der Waals surface area contributed by atoms with Gasteiger partial charge in [0.25, 0.3) is 5.91 Å². The lowest BCUT2D eigenvalue weighted by atomic mass is 9.92. The summed E-state index contributed by atoms with van der Waals surface area (Å²) >= 11 is 0. The fourth-order valence-corrected chi connectivity index (χ4v) is 2.87. The number of ether oxygens (including phenoxy) is 1. The number of carbonyl (C=O) groups is 2. The van der Waals surface area contributed by atoms with Crippen LogP contribution in [0.5, 0.6) is 5.75 Å². The molecule has 2 aromatic rings. The van der Waals surface area contributed by atoms with E-state index < -0.39 is 5.41 Å². The summed E-state index contributed by atoms with van der Waals surface area (Å²) in [4.78, 5) is 26.9. The van der Waals surface area contributed by atoms with Crippen LogP contribution in [0.1, 0.15) is 38.2 Å². The minimum atomic E-state index is -0.620. The number of hydrogen-bond acceptors (Lipinski definition) is 4. The first-order valence-corrected chi connectivity index (χ1v) is 8.71. The zero-order valence-electron chi connectivity index (χ0n) is 15.5.